The number of rotatable bonds is 13. The summed E-state index contributed by atoms with van der Waals surface area (Å²) in [5, 5.41) is 7.04. The zero-order valence-electron chi connectivity index (χ0n) is 57.2. The van der Waals surface area contributed by atoms with Gasteiger partial charge < -0.3 is 77.7 Å². The van der Waals surface area contributed by atoms with Crippen molar-refractivity contribution in [1.29, 1.82) is 0 Å². The van der Waals surface area contributed by atoms with E-state index in [0.29, 0.717) is 149 Å². The first-order chi connectivity index (χ1) is 46.7. The smallest absolute Gasteiger partial charge is 0.379 e. The second-order valence-corrected chi connectivity index (χ2v) is 22.5. The van der Waals surface area contributed by atoms with Crippen LogP contribution in [-0.2, 0) is 67.9 Å². The molecule has 5 aromatic carbocycles. The topological polar surface area (TPSA) is 293 Å². The maximum atomic E-state index is 13.3. The molecule has 5 saturated heterocycles. The fourth-order valence-electron chi connectivity index (χ4n) is 9.39. The third-order valence-electron chi connectivity index (χ3n) is 14.8. The van der Waals surface area contributed by atoms with Crippen molar-refractivity contribution in [1.82, 2.24) is 29.8 Å². The van der Waals surface area contributed by atoms with Crippen LogP contribution >= 0.6 is 43.5 Å². The van der Waals surface area contributed by atoms with E-state index in [4.69, 9.17) is 57.6 Å². The first kappa shape index (κ1) is 94.5. The predicted molar refractivity (Wildman–Crippen MR) is 373 cm³/mol. The zero-order valence-corrected chi connectivity index (χ0v) is 64.7. The number of alkyl halides is 2. The molecule has 4 amide bonds. The van der Waals surface area contributed by atoms with Gasteiger partial charge in [0.2, 0.25) is 0 Å². The third-order valence-corrected chi connectivity index (χ3v) is 16.2. The summed E-state index contributed by atoms with van der Waals surface area (Å²) in [5.41, 5.74) is 32.6. The molecule has 0 unspecified atom stereocenters. The van der Waals surface area contributed by atoms with Crippen molar-refractivity contribution < 1.29 is 120 Å². The van der Waals surface area contributed by atoms with Crippen LogP contribution in [0.4, 0.5) is 22.0 Å². The fourth-order valence-corrected chi connectivity index (χ4v) is 10.6. The molecule has 0 saturated carbocycles. The average Bonchev–Trinajstić information content (AvgIpc) is 0.850. The van der Waals surface area contributed by atoms with Crippen LogP contribution in [0, 0.1) is 43.4 Å². The molecule has 23 nitrogen and oxygen atoms in total. The maximum Gasteiger partial charge on any atom is 1.00 e. The van der Waals surface area contributed by atoms with Gasteiger partial charge in [-0.1, -0.05) is 88.1 Å². The van der Waals surface area contributed by atoms with E-state index in [1.54, 1.807) is 44.7 Å². The van der Waals surface area contributed by atoms with Gasteiger partial charge in [0.1, 0.15) is 29.1 Å². The molecule has 100 heavy (non-hydrogen) atoms. The summed E-state index contributed by atoms with van der Waals surface area (Å²) in [5.74, 6) is -2.79. The summed E-state index contributed by atoms with van der Waals surface area (Å²) < 4.78 is 91.1. The average molecular weight is 1650 g/mol. The van der Waals surface area contributed by atoms with Gasteiger partial charge in [0.25, 0.3) is 28.9 Å². The van der Waals surface area contributed by atoms with Gasteiger partial charge in [0, 0.05) is 136 Å². The Balaban J connectivity index is 0.00000116. The third kappa shape index (κ3) is 34.7. The Bertz CT molecular complexity index is 3140. The number of nitrogens with zero attached hydrogens (tertiary/aromatic N) is 11. The van der Waals surface area contributed by atoms with E-state index in [1.165, 1.54) is 91.3 Å². The quantitative estimate of drug-likeness (QED) is 0.0163. The Kier molecular flexibility index (Phi) is 52.1. The van der Waals surface area contributed by atoms with Crippen LogP contribution in [0.1, 0.15) is 100 Å². The molecule has 3 N–H and O–H groups in total. The standard InChI is InChI=1S/2C12H13BrFNO2.C12H13FN4O2.C12H15FN2O2.C8H6ClFO.C6H15N.C4H9NO.CH3.N3.Na.Pd/c2*13-8-9-1-2-10(14)7-11(9)12(16)15-3-5-17-6-4-15;13-10-2-1-9(8-15-16-14)11(7-10)12(18)17-3-5-19-6-4-17;13-10-2-1-9(8-14)11(7-10)12(16)15-3-5-17-6-4-15;1-5-2-3-6(10)4-7(5)8(9)11;1-4-7(5-2)6-3;1-3-6-4-2-5-1;;1-3-2;;/h2*1-2,7H,3-6,8H2;1-2,7H,3-6,8H2;1-2,7H,3-6,8,14H2;2-4H,1H3;4-6H2,1-3H3;5H,1-4H2;1H3;;;/q;;;;;;;2*-1;+1;. The van der Waals surface area contributed by atoms with Crippen LogP contribution in [0.25, 0.3) is 26.4 Å². The number of halogens is 8. The maximum absolute atomic E-state index is 13.3. The van der Waals surface area contributed by atoms with Crippen LogP contribution in [0.5, 0.6) is 0 Å². The Labute approximate surface area is 639 Å². The van der Waals surface area contributed by atoms with Crippen LogP contribution in [0.3, 0.4) is 0 Å². The Morgan fingerprint density at radius 1 is 0.510 bits per heavy atom. The fraction of sp³-hybridized carbons (Fsp3) is 0.463. The number of nitrogens with one attached hydrogen (secondary N) is 1. The van der Waals surface area contributed by atoms with Gasteiger partial charge in [0.05, 0.1) is 72.6 Å². The summed E-state index contributed by atoms with van der Waals surface area (Å²) >= 11 is 11.8. The van der Waals surface area contributed by atoms with E-state index in [2.05, 4.69) is 72.9 Å². The number of nitrogens with two attached hydrogens (primary N) is 1. The molecule has 5 aliphatic rings. The van der Waals surface area contributed by atoms with Gasteiger partial charge in [-0.15, -0.1) is 0 Å². The van der Waals surface area contributed by atoms with E-state index in [-0.39, 0.29) is 117 Å². The molecule has 5 aliphatic heterocycles. The van der Waals surface area contributed by atoms with E-state index in [0.717, 1.165) is 43.5 Å². The predicted octanol–water partition coefficient (Wildman–Crippen LogP) is 9.04. The summed E-state index contributed by atoms with van der Waals surface area (Å²) in [7, 11) is 0. The molecule has 0 aromatic heterocycles. The van der Waals surface area contributed by atoms with E-state index < -0.39 is 22.7 Å². The second kappa shape index (κ2) is 55.1. The molecule has 0 radical (unpaired) electrons. The number of amides is 4. The van der Waals surface area contributed by atoms with Crippen molar-refractivity contribution in [3.8, 4) is 0 Å². The van der Waals surface area contributed by atoms with Crippen molar-refractivity contribution in [2.75, 3.05) is 151 Å². The number of benzene rings is 5. The minimum atomic E-state index is -0.623. The molecule has 0 spiro atoms. The van der Waals surface area contributed by atoms with Crippen LogP contribution in [-0.4, -0.2) is 205 Å². The van der Waals surface area contributed by atoms with E-state index in [9.17, 15) is 45.9 Å². The summed E-state index contributed by atoms with van der Waals surface area (Å²) in [6, 6.07) is 20.6. The summed E-state index contributed by atoms with van der Waals surface area (Å²) in [6.45, 7) is 24.4. The van der Waals surface area contributed by atoms with Crippen molar-refractivity contribution in [3.63, 3.8) is 0 Å². The molecule has 5 heterocycles. The number of ether oxygens (including phenoxy) is 5. The SMILES string of the molecule is C1COCCN1.CCN(CC)CC.Cc1ccc(F)cc1C(=O)Cl.NCc1ccc(F)cc1C(=O)N1CCOCC1.O=C(c1cc(F)ccc1CBr)N1CCOCC1.O=C(c1cc(F)ccc1CBr)N1CCOCC1.[CH3-].[N-]=[N+]=NCc1ccc(F)cc1C(=O)N1CCOCC1.[N-]=[N+]=[N-].[Na+].[Pd]. The molecule has 548 valence electrons. The number of azide groups is 1. The summed E-state index contributed by atoms with van der Waals surface area (Å²) in [4.78, 5) is 72.7. The van der Waals surface area contributed by atoms with Gasteiger partial charge >= 0.3 is 29.6 Å². The van der Waals surface area contributed by atoms with Crippen molar-refractivity contribution >= 4 is 72.3 Å². The van der Waals surface area contributed by atoms with Crippen LogP contribution in [0.2, 0.25) is 0 Å². The van der Waals surface area contributed by atoms with Crippen molar-refractivity contribution in [2.24, 2.45) is 10.8 Å². The van der Waals surface area contributed by atoms with E-state index in [1.807, 2.05) is 0 Å². The monoisotopic (exact) mass is 1650 g/mol. The first-order valence-electron chi connectivity index (χ1n) is 31.2. The Morgan fingerprint density at radius 2 is 0.780 bits per heavy atom. The van der Waals surface area contributed by atoms with Crippen LogP contribution in [0.15, 0.2) is 96.1 Å². The Morgan fingerprint density at radius 3 is 1.02 bits per heavy atom. The molecule has 0 atom stereocenters. The number of carbonyl (C=O) groups excluding carboxylic acids is 5. The van der Waals surface area contributed by atoms with Gasteiger partial charge in [-0.2, -0.15) is 0 Å². The van der Waals surface area contributed by atoms with Crippen LogP contribution < -0.4 is 40.6 Å². The zero-order chi connectivity index (χ0) is 71.5. The second-order valence-electron chi connectivity index (χ2n) is 21.0. The summed E-state index contributed by atoms with van der Waals surface area (Å²) in [6.07, 6.45) is 0. The van der Waals surface area contributed by atoms with E-state index >= 15 is 0 Å². The first-order valence-corrected chi connectivity index (χ1v) is 33.8. The number of carbonyl (C=O) groups is 5. The normalized spacial score (nSPS) is 14.3. The molecule has 10 rings (SSSR count). The number of aryl methyl sites for hydroxylation is 1. The minimum Gasteiger partial charge on any atom is -0.379 e. The van der Waals surface area contributed by atoms with Gasteiger partial charge in [0.15, 0.2) is 0 Å². The number of hydrogen-bond donors (Lipinski definition) is 2. The molecule has 0 aliphatic carbocycles. The molecular formula is C67H87Br2ClF5N13NaO10Pd-. The van der Waals surface area contributed by atoms with Crippen molar-refractivity contribution in [2.45, 2.75) is 51.4 Å². The minimum absolute atomic E-state index is 0. The molecule has 33 heteroatoms. The molecular weight excluding hydrogens is 1570 g/mol. The number of hydrogen-bond acceptors (Lipinski definition) is 14. The van der Waals surface area contributed by atoms with Gasteiger partial charge in [-0.05, 0) is 132 Å². The van der Waals surface area contributed by atoms with Crippen molar-refractivity contribution in [3.05, 3.63) is 210 Å². The number of morpholine rings is 5. The largest absolute Gasteiger partial charge is 1.00 e. The van der Waals surface area contributed by atoms with Gasteiger partial charge in [-0.3, -0.25) is 28.9 Å². The molecule has 5 aromatic rings. The molecule has 0 bridgehead atoms. The Hall–Kier alpha value is -5.49. The molecule has 5 fully saturated rings. The van der Waals surface area contributed by atoms with Gasteiger partial charge in [-0.25, -0.2) is 22.0 Å².